The molecule has 8 nitrogen and oxygen atoms in total. The lowest BCUT2D eigenvalue weighted by molar-refractivity contribution is -0.123. The van der Waals surface area contributed by atoms with Crippen LogP contribution in [0.2, 0.25) is 0 Å². The van der Waals surface area contributed by atoms with E-state index in [1.54, 1.807) is 10.9 Å². The molecule has 0 spiro atoms. The maximum atomic E-state index is 12.4. The average molecular weight is 422 g/mol. The molecule has 1 amide bonds. The number of aromatic nitrogens is 4. The molecule has 2 aromatic heterocycles. The number of halogens is 3. The molecule has 0 saturated carbocycles. The Kier molecular flexibility index (Phi) is 5.81. The van der Waals surface area contributed by atoms with Crippen LogP contribution in [-0.4, -0.2) is 49.4 Å². The third kappa shape index (κ3) is 4.61. The summed E-state index contributed by atoms with van der Waals surface area (Å²) in [5.74, 6) is -0.668. The van der Waals surface area contributed by atoms with Gasteiger partial charge in [0.25, 0.3) is 5.91 Å². The van der Waals surface area contributed by atoms with Crippen molar-refractivity contribution in [1.29, 1.82) is 0 Å². The molecule has 0 bridgehead atoms. The minimum Gasteiger partial charge on any atom is -0.494 e. The number of rotatable bonds is 6. The van der Waals surface area contributed by atoms with Gasteiger partial charge in [-0.3, -0.25) is 4.79 Å². The van der Waals surface area contributed by atoms with Gasteiger partial charge in [-0.1, -0.05) is 12.1 Å². The molecule has 1 aromatic carbocycles. The van der Waals surface area contributed by atoms with E-state index in [4.69, 9.17) is 0 Å². The van der Waals surface area contributed by atoms with E-state index >= 15 is 0 Å². The van der Waals surface area contributed by atoms with E-state index < -0.39 is 18.6 Å². The molecule has 0 unspecified atom stereocenters. The second-order valence-corrected chi connectivity index (χ2v) is 6.97. The van der Waals surface area contributed by atoms with Crippen LogP contribution in [0.25, 0.3) is 10.9 Å². The maximum absolute atomic E-state index is 12.4. The van der Waals surface area contributed by atoms with Gasteiger partial charge < -0.3 is 15.4 Å². The molecule has 3 N–H and O–H groups in total. The van der Waals surface area contributed by atoms with Crippen molar-refractivity contribution in [2.45, 2.75) is 39.4 Å². The second-order valence-electron chi connectivity index (χ2n) is 6.97. The number of fused-ring (bicyclic) bond motifs is 1. The van der Waals surface area contributed by atoms with Crippen molar-refractivity contribution in [2.24, 2.45) is 4.99 Å². The van der Waals surface area contributed by atoms with Gasteiger partial charge in [-0.05, 0) is 38.5 Å². The number of H-pyrrole nitrogens is 1. The summed E-state index contributed by atoms with van der Waals surface area (Å²) in [5.41, 5.74) is 1.40. The molecule has 3 rings (SSSR count). The number of hydrogen-bond acceptors (Lipinski definition) is 5. The highest BCUT2D eigenvalue weighted by Crippen LogP contribution is 2.30. The summed E-state index contributed by atoms with van der Waals surface area (Å²) in [5, 5.41) is 20.7. The molecule has 0 radical (unpaired) electrons. The van der Waals surface area contributed by atoms with Gasteiger partial charge in [-0.2, -0.15) is 13.2 Å². The number of benzene rings is 1. The number of aliphatic imine (C=N–C) groups is 1. The fourth-order valence-electron chi connectivity index (χ4n) is 2.91. The van der Waals surface area contributed by atoms with Crippen LogP contribution in [0.1, 0.15) is 49.2 Å². The molecule has 0 saturated heterocycles. The zero-order chi connectivity index (χ0) is 22.1. The first-order valence-corrected chi connectivity index (χ1v) is 9.28. The SMILES string of the molecule is CC/C(=N\c1cn(C(C)C)nn1)c1c(O)[nH]c2ccc(C(=O)NCC(F)(F)F)cc12. The molecule has 0 aliphatic rings. The largest absolute Gasteiger partial charge is 0.494 e. The van der Waals surface area contributed by atoms with Gasteiger partial charge in [-0.25, -0.2) is 9.67 Å². The summed E-state index contributed by atoms with van der Waals surface area (Å²) in [6.07, 6.45) is -2.41. The normalized spacial score (nSPS) is 12.7. The number of carbonyl (C=O) groups is 1. The van der Waals surface area contributed by atoms with Crippen molar-refractivity contribution >= 4 is 28.3 Å². The van der Waals surface area contributed by atoms with E-state index in [2.05, 4.69) is 20.3 Å². The first kappa shape index (κ1) is 21.3. The number of aromatic hydroxyl groups is 1. The van der Waals surface area contributed by atoms with Crippen molar-refractivity contribution in [3.05, 3.63) is 35.5 Å². The lowest BCUT2D eigenvalue weighted by Crippen LogP contribution is -2.33. The predicted octanol–water partition coefficient (Wildman–Crippen LogP) is 3.87. The molecule has 2 heterocycles. The van der Waals surface area contributed by atoms with Crippen molar-refractivity contribution < 1.29 is 23.1 Å². The van der Waals surface area contributed by atoms with E-state index in [1.165, 1.54) is 18.2 Å². The van der Waals surface area contributed by atoms with Crippen LogP contribution in [0.3, 0.4) is 0 Å². The van der Waals surface area contributed by atoms with Crippen LogP contribution >= 0.6 is 0 Å². The third-order valence-corrected chi connectivity index (χ3v) is 4.39. The van der Waals surface area contributed by atoms with Gasteiger partial charge in [0.1, 0.15) is 6.54 Å². The van der Waals surface area contributed by atoms with Crippen LogP contribution in [0.15, 0.2) is 29.4 Å². The number of alkyl halides is 3. The van der Waals surface area contributed by atoms with E-state index in [0.29, 0.717) is 34.4 Å². The molecule has 0 fully saturated rings. The standard InChI is InChI=1S/C19H21F3N6O2/c1-4-13(24-15-8-28(10(2)3)27-26-15)16-12-7-11(5-6-14(12)25-18(16)30)17(29)23-9-19(20,21)22/h5-8,10,25,30H,4,9H2,1-3H3,(H,23,29)/b24-13+. The minimum absolute atomic E-state index is 0.0354. The molecule has 0 aliphatic carbocycles. The van der Waals surface area contributed by atoms with Crippen molar-refractivity contribution in [3.8, 4) is 5.88 Å². The Labute approximate surface area is 169 Å². The third-order valence-electron chi connectivity index (χ3n) is 4.39. The summed E-state index contributed by atoms with van der Waals surface area (Å²) in [4.78, 5) is 19.4. The zero-order valence-electron chi connectivity index (χ0n) is 16.6. The van der Waals surface area contributed by atoms with Gasteiger partial charge in [0.05, 0.1) is 17.5 Å². The molecule has 3 aromatic rings. The van der Waals surface area contributed by atoms with Crippen molar-refractivity contribution in [3.63, 3.8) is 0 Å². The quantitative estimate of drug-likeness (QED) is 0.524. The Morgan fingerprint density at radius 2 is 2.10 bits per heavy atom. The lowest BCUT2D eigenvalue weighted by Gasteiger charge is -2.09. The maximum Gasteiger partial charge on any atom is 0.405 e. The predicted molar refractivity (Wildman–Crippen MR) is 105 cm³/mol. The van der Waals surface area contributed by atoms with Gasteiger partial charge in [0.15, 0.2) is 11.7 Å². The average Bonchev–Trinajstić information content (AvgIpc) is 3.27. The Morgan fingerprint density at radius 1 is 1.37 bits per heavy atom. The molecule has 160 valence electrons. The van der Waals surface area contributed by atoms with Gasteiger partial charge in [-0.15, -0.1) is 5.10 Å². The number of carbonyl (C=O) groups excluding carboxylic acids is 1. The van der Waals surface area contributed by atoms with E-state index in [1.807, 2.05) is 26.1 Å². The lowest BCUT2D eigenvalue weighted by atomic mass is 10.0. The van der Waals surface area contributed by atoms with Crippen LogP contribution in [0.4, 0.5) is 19.0 Å². The van der Waals surface area contributed by atoms with Crippen LogP contribution in [-0.2, 0) is 0 Å². The second kappa shape index (κ2) is 8.17. The van der Waals surface area contributed by atoms with Gasteiger partial charge in [0.2, 0.25) is 0 Å². The van der Waals surface area contributed by atoms with E-state index in [0.717, 1.165) is 0 Å². The molecule has 0 atom stereocenters. The zero-order valence-corrected chi connectivity index (χ0v) is 16.6. The Bertz CT molecular complexity index is 1100. The Balaban J connectivity index is 2.00. The smallest absolute Gasteiger partial charge is 0.405 e. The molecular weight excluding hydrogens is 401 g/mol. The first-order chi connectivity index (χ1) is 14.1. The molecular formula is C19H21F3N6O2. The number of amides is 1. The first-order valence-electron chi connectivity index (χ1n) is 9.28. The molecule has 30 heavy (non-hydrogen) atoms. The summed E-state index contributed by atoms with van der Waals surface area (Å²) >= 11 is 0. The minimum atomic E-state index is -4.51. The monoisotopic (exact) mass is 422 g/mol. The summed E-state index contributed by atoms with van der Waals surface area (Å²) in [7, 11) is 0. The van der Waals surface area contributed by atoms with Crippen molar-refractivity contribution in [2.75, 3.05) is 6.54 Å². The highest BCUT2D eigenvalue weighted by atomic mass is 19.4. The highest BCUT2D eigenvalue weighted by molar-refractivity contribution is 6.14. The van der Waals surface area contributed by atoms with Crippen LogP contribution < -0.4 is 5.32 Å². The number of hydrogen-bond donors (Lipinski definition) is 3. The van der Waals surface area contributed by atoms with Crippen LogP contribution in [0, 0.1) is 0 Å². The van der Waals surface area contributed by atoms with E-state index in [9.17, 15) is 23.1 Å². The summed E-state index contributed by atoms with van der Waals surface area (Å²) in [6.45, 7) is 4.30. The number of aromatic amines is 1. The van der Waals surface area contributed by atoms with Crippen molar-refractivity contribution in [1.82, 2.24) is 25.3 Å². The Morgan fingerprint density at radius 3 is 2.70 bits per heavy atom. The fraction of sp³-hybridized carbons (Fsp3) is 0.368. The van der Waals surface area contributed by atoms with Gasteiger partial charge >= 0.3 is 6.18 Å². The van der Waals surface area contributed by atoms with E-state index in [-0.39, 0.29) is 17.5 Å². The molecule has 11 heteroatoms. The van der Waals surface area contributed by atoms with Crippen LogP contribution in [0.5, 0.6) is 5.88 Å². The number of nitrogens with zero attached hydrogens (tertiary/aromatic N) is 4. The molecule has 0 aliphatic heterocycles. The number of nitrogens with one attached hydrogen (secondary N) is 2. The fourth-order valence-corrected chi connectivity index (χ4v) is 2.91. The van der Waals surface area contributed by atoms with Gasteiger partial charge in [0, 0.05) is 22.5 Å². The Hall–Kier alpha value is -3.37. The highest BCUT2D eigenvalue weighted by Gasteiger charge is 2.28. The topological polar surface area (TPSA) is 108 Å². The summed E-state index contributed by atoms with van der Waals surface area (Å²) in [6, 6.07) is 4.42. The summed E-state index contributed by atoms with van der Waals surface area (Å²) < 4.78 is 38.8.